The van der Waals surface area contributed by atoms with Gasteiger partial charge < -0.3 is 11.1 Å². The van der Waals surface area contributed by atoms with Gasteiger partial charge in [-0.25, -0.2) is 16.8 Å². The van der Waals surface area contributed by atoms with E-state index in [1.54, 1.807) is 24.3 Å². The molecule has 0 spiro atoms. The molecule has 0 heterocycles. The molecule has 0 saturated heterocycles. The third-order valence-electron chi connectivity index (χ3n) is 2.60. The van der Waals surface area contributed by atoms with Crippen LogP contribution in [0.1, 0.15) is 6.42 Å². The summed E-state index contributed by atoms with van der Waals surface area (Å²) in [6.07, 6.45) is 0.743. The van der Waals surface area contributed by atoms with Crippen LogP contribution in [0.4, 0.5) is 11.4 Å². The van der Waals surface area contributed by atoms with Crippen molar-refractivity contribution < 1.29 is 21.6 Å². The maximum absolute atomic E-state index is 11.6. The Morgan fingerprint density at radius 1 is 1.05 bits per heavy atom. The molecule has 0 unspecified atom stereocenters. The maximum Gasteiger partial charge on any atom is 0.225 e. The fraction of sp³-hybridized carbons (Fsp3) is 0.417. The average molecular weight is 334 g/mol. The fourth-order valence-corrected chi connectivity index (χ4v) is 4.35. The van der Waals surface area contributed by atoms with Gasteiger partial charge in [0.15, 0.2) is 9.84 Å². The molecule has 7 nitrogen and oxygen atoms in total. The minimum atomic E-state index is -3.57. The van der Waals surface area contributed by atoms with Crippen molar-refractivity contribution >= 4 is 37.0 Å². The second kappa shape index (κ2) is 6.90. The van der Waals surface area contributed by atoms with Gasteiger partial charge in [-0.1, -0.05) is 0 Å². The van der Waals surface area contributed by atoms with Gasteiger partial charge in [-0.2, -0.15) is 0 Å². The molecule has 3 N–H and O–H groups in total. The monoisotopic (exact) mass is 334 g/mol. The van der Waals surface area contributed by atoms with Gasteiger partial charge >= 0.3 is 0 Å². The van der Waals surface area contributed by atoms with Crippen LogP contribution in [-0.2, 0) is 24.5 Å². The molecule has 0 saturated carbocycles. The summed E-state index contributed by atoms with van der Waals surface area (Å²) in [7, 11) is -6.91. The van der Waals surface area contributed by atoms with Crippen molar-refractivity contribution in [3.63, 3.8) is 0 Å². The highest BCUT2D eigenvalue weighted by molar-refractivity contribution is 7.94. The van der Waals surface area contributed by atoms with Gasteiger partial charge in [-0.3, -0.25) is 4.79 Å². The minimum absolute atomic E-state index is 0.226. The number of sulfone groups is 2. The molecule has 1 rings (SSSR count). The molecule has 0 aromatic heterocycles. The van der Waals surface area contributed by atoms with E-state index in [0.717, 1.165) is 6.26 Å². The molecule has 1 aromatic rings. The molecule has 0 aliphatic rings. The molecule has 0 bridgehead atoms. The minimum Gasteiger partial charge on any atom is -0.399 e. The molecular weight excluding hydrogens is 316 g/mol. The lowest BCUT2D eigenvalue weighted by molar-refractivity contribution is -0.115. The first-order valence-electron chi connectivity index (χ1n) is 6.11. The SMILES string of the molecule is CS(=O)(=O)CCS(=O)(=O)CCC(=O)Nc1ccc(N)cc1. The van der Waals surface area contributed by atoms with Crippen molar-refractivity contribution in [2.75, 3.05) is 34.6 Å². The van der Waals surface area contributed by atoms with Crippen molar-refractivity contribution in [3.05, 3.63) is 24.3 Å². The third-order valence-corrected chi connectivity index (χ3v) is 5.46. The molecule has 9 heteroatoms. The fourth-order valence-electron chi connectivity index (χ4n) is 1.42. The first-order valence-corrected chi connectivity index (χ1v) is 9.99. The van der Waals surface area contributed by atoms with Crippen LogP contribution >= 0.6 is 0 Å². The second-order valence-electron chi connectivity index (χ2n) is 4.70. The number of hydrogen-bond donors (Lipinski definition) is 2. The molecular formula is C12H18N2O5S2. The van der Waals surface area contributed by atoms with Crippen LogP contribution in [0, 0.1) is 0 Å². The van der Waals surface area contributed by atoms with Crippen molar-refractivity contribution in [1.82, 2.24) is 0 Å². The van der Waals surface area contributed by atoms with Crippen LogP contribution in [0.15, 0.2) is 24.3 Å². The Kier molecular flexibility index (Phi) is 5.73. The van der Waals surface area contributed by atoms with Crippen LogP contribution in [0.3, 0.4) is 0 Å². The van der Waals surface area contributed by atoms with Gasteiger partial charge in [0, 0.05) is 24.1 Å². The Morgan fingerprint density at radius 3 is 2.14 bits per heavy atom. The summed E-state index contributed by atoms with van der Waals surface area (Å²) in [6, 6.07) is 6.42. The summed E-state index contributed by atoms with van der Waals surface area (Å²) in [6.45, 7) is 0. The summed E-state index contributed by atoms with van der Waals surface area (Å²) in [5.74, 6) is -1.75. The lowest BCUT2D eigenvalue weighted by Gasteiger charge is -2.06. The highest BCUT2D eigenvalue weighted by atomic mass is 32.2. The number of hydrogen-bond acceptors (Lipinski definition) is 6. The van der Waals surface area contributed by atoms with Crippen LogP contribution in [0.25, 0.3) is 0 Å². The zero-order valence-corrected chi connectivity index (χ0v) is 13.2. The van der Waals surface area contributed by atoms with E-state index in [9.17, 15) is 21.6 Å². The van der Waals surface area contributed by atoms with E-state index in [0.29, 0.717) is 11.4 Å². The van der Waals surface area contributed by atoms with E-state index in [-0.39, 0.29) is 12.2 Å². The third kappa shape index (κ3) is 7.66. The molecule has 118 valence electrons. The standard InChI is InChI=1S/C12H18N2O5S2/c1-20(16,17)8-9-21(18,19)7-6-12(15)14-11-4-2-10(13)3-5-11/h2-5H,6-9,13H2,1H3,(H,14,15). The topological polar surface area (TPSA) is 123 Å². The van der Waals surface area contributed by atoms with Crippen molar-refractivity contribution in [1.29, 1.82) is 0 Å². The van der Waals surface area contributed by atoms with Crippen LogP contribution < -0.4 is 11.1 Å². The zero-order valence-electron chi connectivity index (χ0n) is 11.6. The molecule has 1 aromatic carbocycles. The highest BCUT2D eigenvalue weighted by Crippen LogP contribution is 2.10. The molecule has 0 radical (unpaired) electrons. The highest BCUT2D eigenvalue weighted by Gasteiger charge is 2.16. The number of nitrogen functional groups attached to an aromatic ring is 1. The van der Waals surface area contributed by atoms with Crippen LogP contribution in [-0.4, -0.2) is 46.3 Å². The lowest BCUT2D eigenvalue weighted by Crippen LogP contribution is -2.22. The van der Waals surface area contributed by atoms with Gasteiger partial charge in [-0.05, 0) is 24.3 Å². The summed E-state index contributed by atoms with van der Waals surface area (Å²) >= 11 is 0. The van der Waals surface area contributed by atoms with E-state index in [1.165, 1.54) is 0 Å². The molecule has 0 aliphatic heterocycles. The Hall–Kier alpha value is -1.61. The summed E-state index contributed by atoms with van der Waals surface area (Å²) in [5.41, 5.74) is 6.57. The van der Waals surface area contributed by atoms with E-state index < -0.39 is 37.1 Å². The normalized spacial score (nSPS) is 12.0. The molecule has 0 fully saturated rings. The van der Waals surface area contributed by atoms with Crippen molar-refractivity contribution in [2.24, 2.45) is 0 Å². The predicted octanol–water partition coefficient (Wildman–Crippen LogP) is 0.0568. The summed E-state index contributed by atoms with van der Waals surface area (Å²) in [5, 5.41) is 2.54. The number of nitrogens with two attached hydrogens (primary N) is 1. The summed E-state index contributed by atoms with van der Waals surface area (Å²) < 4.78 is 45.1. The Morgan fingerprint density at radius 2 is 1.62 bits per heavy atom. The van der Waals surface area contributed by atoms with Crippen LogP contribution in [0.5, 0.6) is 0 Å². The summed E-state index contributed by atoms with van der Waals surface area (Å²) in [4.78, 5) is 11.6. The zero-order chi connectivity index (χ0) is 16.1. The Bertz CT molecular complexity index is 694. The molecule has 21 heavy (non-hydrogen) atoms. The number of carbonyl (C=O) groups is 1. The van der Waals surface area contributed by atoms with E-state index in [2.05, 4.69) is 5.32 Å². The number of nitrogens with one attached hydrogen (secondary N) is 1. The smallest absolute Gasteiger partial charge is 0.225 e. The average Bonchev–Trinajstić information content (AvgIpc) is 2.37. The van der Waals surface area contributed by atoms with Crippen LogP contribution in [0.2, 0.25) is 0 Å². The second-order valence-corrected chi connectivity index (χ2v) is 9.27. The predicted molar refractivity (Wildman–Crippen MR) is 82.5 cm³/mol. The van der Waals surface area contributed by atoms with Gasteiger partial charge in [0.25, 0.3) is 0 Å². The van der Waals surface area contributed by atoms with Gasteiger partial charge in [-0.15, -0.1) is 0 Å². The Balaban J connectivity index is 2.47. The maximum atomic E-state index is 11.6. The lowest BCUT2D eigenvalue weighted by atomic mass is 10.3. The Labute approximate surface area is 124 Å². The first-order chi connectivity index (χ1) is 9.57. The van der Waals surface area contributed by atoms with E-state index in [4.69, 9.17) is 5.73 Å². The van der Waals surface area contributed by atoms with Crippen molar-refractivity contribution in [2.45, 2.75) is 6.42 Å². The number of carbonyl (C=O) groups excluding carboxylic acids is 1. The number of amides is 1. The molecule has 1 amide bonds. The number of anilines is 2. The molecule has 0 aliphatic carbocycles. The number of rotatable bonds is 7. The van der Waals surface area contributed by atoms with E-state index in [1.807, 2.05) is 0 Å². The van der Waals surface area contributed by atoms with Crippen molar-refractivity contribution in [3.8, 4) is 0 Å². The first kappa shape index (κ1) is 17.4. The quantitative estimate of drug-likeness (QED) is 0.679. The van der Waals surface area contributed by atoms with Gasteiger partial charge in [0.05, 0.1) is 17.3 Å². The van der Waals surface area contributed by atoms with Gasteiger partial charge in [0.2, 0.25) is 5.91 Å². The van der Waals surface area contributed by atoms with E-state index >= 15 is 0 Å². The number of benzene rings is 1. The molecule has 0 atom stereocenters. The largest absolute Gasteiger partial charge is 0.399 e. The van der Waals surface area contributed by atoms with Gasteiger partial charge in [0.1, 0.15) is 9.84 Å².